The number of likely N-dealkylation sites (N-methyl/N-ethyl adjacent to an activating group) is 1. The Balaban J connectivity index is 2.42. The fourth-order valence-corrected chi connectivity index (χ4v) is 2.72. The Morgan fingerprint density at radius 2 is 2.21 bits per heavy atom. The molecule has 1 fully saturated rings. The van der Waals surface area contributed by atoms with Crippen molar-refractivity contribution in [3.05, 3.63) is 0 Å². The van der Waals surface area contributed by atoms with Crippen LogP contribution in [-0.2, 0) is 4.79 Å². The monoisotopic (exact) mass is 285 g/mol. The number of amides is 1. The fraction of sp³-hybridized carbons (Fsp3) is 0.857. The van der Waals surface area contributed by atoms with Crippen LogP contribution in [0.5, 0.6) is 0 Å². The second-order valence-corrected chi connectivity index (χ2v) is 5.96. The molecule has 4 nitrogen and oxygen atoms in total. The molecule has 0 bridgehead atoms. The van der Waals surface area contributed by atoms with Crippen molar-refractivity contribution in [3.8, 4) is 0 Å². The lowest BCUT2D eigenvalue weighted by Gasteiger charge is -2.36. The Hall–Kier alpha value is -0.680. The predicted octanol–water partition coefficient (Wildman–Crippen LogP) is 1.78. The molecule has 19 heavy (non-hydrogen) atoms. The summed E-state index contributed by atoms with van der Waals surface area (Å²) in [6, 6.07) is 0.590. The molecule has 0 spiro atoms. The summed E-state index contributed by atoms with van der Waals surface area (Å²) in [6.07, 6.45) is 6.74. The standard InChI is InChI=1S/C14H27N3OS/c1-3-6-12-7-4-5-9-17(12)11-14(18)16(2)10-8-13(15)19/h12H,3-11H2,1-2H3,(H2,15,19). The van der Waals surface area contributed by atoms with Crippen LogP contribution in [0.15, 0.2) is 0 Å². The number of thiocarbonyl (C=S) groups is 1. The van der Waals surface area contributed by atoms with Gasteiger partial charge in [0.1, 0.15) is 0 Å². The smallest absolute Gasteiger partial charge is 0.236 e. The molecule has 0 aromatic rings. The van der Waals surface area contributed by atoms with Crippen LogP contribution >= 0.6 is 12.2 Å². The second kappa shape index (κ2) is 8.48. The summed E-state index contributed by atoms with van der Waals surface area (Å²) in [6.45, 7) is 4.43. The molecule has 1 unspecified atom stereocenters. The summed E-state index contributed by atoms with van der Waals surface area (Å²) in [7, 11) is 1.83. The van der Waals surface area contributed by atoms with Gasteiger partial charge in [0.2, 0.25) is 5.91 Å². The van der Waals surface area contributed by atoms with Gasteiger partial charge in [-0.05, 0) is 25.8 Å². The Bertz CT molecular complexity index is 307. The van der Waals surface area contributed by atoms with E-state index in [0.717, 1.165) is 6.54 Å². The van der Waals surface area contributed by atoms with Gasteiger partial charge >= 0.3 is 0 Å². The van der Waals surface area contributed by atoms with Gasteiger partial charge in [-0.3, -0.25) is 9.69 Å². The van der Waals surface area contributed by atoms with E-state index in [1.165, 1.54) is 32.1 Å². The first-order chi connectivity index (χ1) is 9.04. The number of nitrogens with zero attached hydrogens (tertiary/aromatic N) is 2. The molecule has 0 aromatic heterocycles. The van der Waals surface area contributed by atoms with E-state index in [1.54, 1.807) is 4.90 Å². The molecule has 1 rings (SSSR count). The average Bonchev–Trinajstić information content (AvgIpc) is 2.38. The van der Waals surface area contributed by atoms with Crippen molar-refractivity contribution in [1.82, 2.24) is 9.80 Å². The zero-order chi connectivity index (χ0) is 14.3. The number of hydrogen-bond acceptors (Lipinski definition) is 3. The van der Waals surface area contributed by atoms with Crippen LogP contribution in [0.3, 0.4) is 0 Å². The molecule has 1 amide bonds. The van der Waals surface area contributed by atoms with Crippen molar-refractivity contribution in [3.63, 3.8) is 0 Å². The van der Waals surface area contributed by atoms with E-state index >= 15 is 0 Å². The third kappa shape index (κ3) is 5.87. The molecule has 0 aromatic carbocycles. The van der Waals surface area contributed by atoms with E-state index < -0.39 is 0 Å². The van der Waals surface area contributed by atoms with Crippen LogP contribution in [0.1, 0.15) is 45.4 Å². The summed E-state index contributed by atoms with van der Waals surface area (Å²) in [5, 5.41) is 0. The van der Waals surface area contributed by atoms with Gasteiger partial charge in [-0.1, -0.05) is 32.0 Å². The van der Waals surface area contributed by atoms with Gasteiger partial charge in [0, 0.05) is 26.1 Å². The van der Waals surface area contributed by atoms with Gasteiger partial charge in [-0.2, -0.15) is 0 Å². The number of carbonyl (C=O) groups is 1. The van der Waals surface area contributed by atoms with Crippen molar-refractivity contribution < 1.29 is 4.79 Å². The lowest BCUT2D eigenvalue weighted by atomic mass is 9.98. The van der Waals surface area contributed by atoms with E-state index in [-0.39, 0.29) is 5.91 Å². The third-order valence-corrected chi connectivity index (χ3v) is 4.03. The molecule has 1 atom stereocenters. The summed E-state index contributed by atoms with van der Waals surface area (Å²) in [5.74, 6) is 0.180. The first-order valence-electron chi connectivity index (χ1n) is 7.31. The van der Waals surface area contributed by atoms with E-state index in [2.05, 4.69) is 11.8 Å². The van der Waals surface area contributed by atoms with Crippen LogP contribution in [-0.4, -0.2) is 53.4 Å². The van der Waals surface area contributed by atoms with Crippen molar-refractivity contribution in [2.45, 2.75) is 51.5 Å². The largest absolute Gasteiger partial charge is 0.393 e. The van der Waals surface area contributed by atoms with Crippen molar-refractivity contribution in [2.24, 2.45) is 5.73 Å². The van der Waals surface area contributed by atoms with Crippen molar-refractivity contribution in [1.29, 1.82) is 0 Å². The normalized spacial score (nSPS) is 20.2. The highest BCUT2D eigenvalue weighted by molar-refractivity contribution is 7.80. The van der Waals surface area contributed by atoms with Gasteiger partial charge < -0.3 is 10.6 Å². The van der Waals surface area contributed by atoms with Crippen molar-refractivity contribution in [2.75, 3.05) is 26.7 Å². The summed E-state index contributed by atoms with van der Waals surface area (Å²) >= 11 is 4.84. The van der Waals surface area contributed by atoms with Crippen molar-refractivity contribution >= 4 is 23.1 Å². The maximum Gasteiger partial charge on any atom is 0.236 e. The Morgan fingerprint density at radius 1 is 1.47 bits per heavy atom. The zero-order valence-electron chi connectivity index (χ0n) is 12.2. The van der Waals surface area contributed by atoms with Crippen LogP contribution in [0.25, 0.3) is 0 Å². The highest BCUT2D eigenvalue weighted by Crippen LogP contribution is 2.20. The minimum absolute atomic E-state index is 0.180. The first kappa shape index (κ1) is 16.4. The van der Waals surface area contributed by atoms with Gasteiger partial charge in [0.15, 0.2) is 0 Å². The summed E-state index contributed by atoms with van der Waals surface area (Å²) in [4.78, 5) is 16.7. The molecule has 1 aliphatic heterocycles. The molecule has 1 saturated heterocycles. The molecule has 0 saturated carbocycles. The average molecular weight is 285 g/mol. The molecule has 110 valence electrons. The molecular formula is C14H27N3OS. The van der Waals surface area contributed by atoms with Crippen LogP contribution in [0, 0.1) is 0 Å². The molecule has 0 radical (unpaired) electrons. The Morgan fingerprint density at radius 3 is 2.84 bits per heavy atom. The number of hydrogen-bond donors (Lipinski definition) is 1. The molecule has 1 heterocycles. The van der Waals surface area contributed by atoms with Gasteiger partial charge in [0.05, 0.1) is 11.5 Å². The summed E-state index contributed by atoms with van der Waals surface area (Å²) < 4.78 is 0. The Kier molecular flexibility index (Phi) is 7.31. The quantitative estimate of drug-likeness (QED) is 0.724. The summed E-state index contributed by atoms with van der Waals surface area (Å²) in [5.41, 5.74) is 5.47. The molecule has 1 aliphatic rings. The zero-order valence-corrected chi connectivity index (χ0v) is 13.0. The minimum atomic E-state index is 0.180. The number of piperidine rings is 1. The van der Waals surface area contributed by atoms with Crippen LogP contribution < -0.4 is 5.73 Å². The topological polar surface area (TPSA) is 49.6 Å². The number of carbonyl (C=O) groups excluding carboxylic acids is 1. The van der Waals surface area contributed by atoms with E-state index in [9.17, 15) is 4.79 Å². The fourth-order valence-electron chi connectivity index (χ4n) is 2.63. The minimum Gasteiger partial charge on any atom is -0.393 e. The highest BCUT2D eigenvalue weighted by Gasteiger charge is 2.24. The van der Waals surface area contributed by atoms with E-state index in [1.807, 2.05) is 7.05 Å². The molecular weight excluding hydrogens is 258 g/mol. The van der Waals surface area contributed by atoms with Crippen LogP contribution in [0.4, 0.5) is 0 Å². The lowest BCUT2D eigenvalue weighted by molar-refractivity contribution is -0.132. The highest BCUT2D eigenvalue weighted by atomic mass is 32.1. The van der Waals surface area contributed by atoms with E-state index in [0.29, 0.717) is 30.5 Å². The first-order valence-corrected chi connectivity index (χ1v) is 7.71. The lowest BCUT2D eigenvalue weighted by Crippen LogP contribution is -2.46. The van der Waals surface area contributed by atoms with Crippen LogP contribution in [0.2, 0.25) is 0 Å². The SMILES string of the molecule is CCCC1CCCCN1CC(=O)N(C)CCC(N)=S. The second-order valence-electron chi connectivity index (χ2n) is 5.44. The molecule has 2 N–H and O–H groups in total. The number of likely N-dealkylation sites (tertiary alicyclic amines) is 1. The maximum absolute atomic E-state index is 12.2. The van der Waals surface area contributed by atoms with E-state index in [4.69, 9.17) is 18.0 Å². The van der Waals surface area contributed by atoms with Gasteiger partial charge in [-0.15, -0.1) is 0 Å². The molecule has 5 heteroatoms. The van der Waals surface area contributed by atoms with Gasteiger partial charge in [0.25, 0.3) is 0 Å². The molecule has 0 aliphatic carbocycles. The number of rotatable bonds is 7. The number of nitrogens with two attached hydrogens (primary N) is 1. The predicted molar refractivity (Wildman–Crippen MR) is 83.2 cm³/mol. The Labute approximate surface area is 122 Å². The third-order valence-electron chi connectivity index (χ3n) is 3.83. The maximum atomic E-state index is 12.2. The van der Waals surface area contributed by atoms with Gasteiger partial charge in [-0.25, -0.2) is 0 Å².